The van der Waals surface area contributed by atoms with Gasteiger partial charge in [0.25, 0.3) is 0 Å². The normalized spacial score (nSPS) is 31.0. The molecule has 22 heavy (non-hydrogen) atoms. The van der Waals surface area contributed by atoms with Gasteiger partial charge in [-0.2, -0.15) is 0 Å². The van der Waals surface area contributed by atoms with Crippen molar-refractivity contribution in [3.8, 4) is 0 Å². The van der Waals surface area contributed by atoms with Gasteiger partial charge < -0.3 is 14.5 Å². The van der Waals surface area contributed by atoms with Crippen LogP contribution in [0.1, 0.15) is 32.1 Å². The Kier molecular flexibility index (Phi) is 5.37. The molecule has 3 fully saturated rings. The van der Waals surface area contributed by atoms with Crippen molar-refractivity contribution < 1.29 is 9.53 Å². The Balaban J connectivity index is 1.58. The zero-order valence-corrected chi connectivity index (χ0v) is 14.2. The van der Waals surface area contributed by atoms with Crippen LogP contribution in [0.15, 0.2) is 0 Å². The molecule has 0 unspecified atom stereocenters. The smallest absolute Gasteiger partial charge is 0.222 e. The third kappa shape index (κ3) is 3.63. The van der Waals surface area contributed by atoms with E-state index in [1.807, 2.05) is 0 Å². The van der Waals surface area contributed by atoms with Crippen LogP contribution in [0.2, 0.25) is 0 Å². The minimum Gasteiger partial charge on any atom is -0.381 e. The summed E-state index contributed by atoms with van der Waals surface area (Å²) >= 11 is 0. The summed E-state index contributed by atoms with van der Waals surface area (Å²) in [5.41, 5.74) is 0. The molecule has 0 radical (unpaired) electrons. The standard InChI is InChI=1S/C17H31N3O2/c1-18(2)9-10-20-16-5-8-19(15(16)3-4-17(20)21)13-14-6-11-22-12-7-14/h14-16H,3-13H2,1-2H3/t15-,16-/m1/s1. The van der Waals surface area contributed by atoms with Crippen LogP contribution in [-0.2, 0) is 9.53 Å². The summed E-state index contributed by atoms with van der Waals surface area (Å²) in [4.78, 5) is 19.3. The Morgan fingerprint density at radius 2 is 1.91 bits per heavy atom. The highest BCUT2D eigenvalue weighted by Gasteiger charge is 2.43. The lowest BCUT2D eigenvalue weighted by molar-refractivity contribution is -0.137. The molecule has 0 aromatic heterocycles. The van der Waals surface area contributed by atoms with Crippen molar-refractivity contribution in [1.29, 1.82) is 0 Å². The third-order valence-electron chi connectivity index (χ3n) is 5.62. The molecule has 0 N–H and O–H groups in total. The number of carbonyl (C=O) groups is 1. The Morgan fingerprint density at radius 1 is 1.14 bits per heavy atom. The van der Waals surface area contributed by atoms with Gasteiger partial charge in [-0.05, 0) is 45.7 Å². The van der Waals surface area contributed by atoms with Crippen LogP contribution >= 0.6 is 0 Å². The molecule has 3 rings (SSSR count). The molecule has 3 heterocycles. The van der Waals surface area contributed by atoms with E-state index >= 15 is 0 Å². The summed E-state index contributed by atoms with van der Waals surface area (Å²) in [5.74, 6) is 1.16. The Morgan fingerprint density at radius 3 is 2.64 bits per heavy atom. The molecule has 1 amide bonds. The lowest BCUT2D eigenvalue weighted by Gasteiger charge is -2.41. The molecule has 126 valence electrons. The van der Waals surface area contributed by atoms with E-state index in [0.717, 1.165) is 51.5 Å². The van der Waals surface area contributed by atoms with Gasteiger partial charge in [-0.3, -0.25) is 9.69 Å². The van der Waals surface area contributed by atoms with Gasteiger partial charge in [-0.25, -0.2) is 0 Å². The van der Waals surface area contributed by atoms with Crippen LogP contribution < -0.4 is 0 Å². The fourth-order valence-electron chi connectivity index (χ4n) is 4.32. The van der Waals surface area contributed by atoms with E-state index in [0.29, 0.717) is 18.0 Å². The maximum Gasteiger partial charge on any atom is 0.222 e. The van der Waals surface area contributed by atoms with Crippen molar-refractivity contribution in [2.45, 2.75) is 44.2 Å². The monoisotopic (exact) mass is 309 g/mol. The van der Waals surface area contributed by atoms with Gasteiger partial charge in [0, 0.05) is 57.9 Å². The number of rotatable bonds is 5. The highest BCUT2D eigenvalue weighted by molar-refractivity contribution is 5.77. The molecular weight excluding hydrogens is 278 g/mol. The van der Waals surface area contributed by atoms with E-state index in [1.54, 1.807) is 0 Å². The molecule has 0 bridgehead atoms. The van der Waals surface area contributed by atoms with E-state index in [4.69, 9.17) is 4.74 Å². The highest BCUT2D eigenvalue weighted by atomic mass is 16.5. The summed E-state index contributed by atoms with van der Waals surface area (Å²) in [5, 5.41) is 0. The molecule has 0 aliphatic carbocycles. The molecule has 0 saturated carbocycles. The third-order valence-corrected chi connectivity index (χ3v) is 5.62. The maximum atomic E-state index is 12.3. The second kappa shape index (κ2) is 7.28. The first-order chi connectivity index (χ1) is 10.6. The zero-order chi connectivity index (χ0) is 15.5. The molecule has 0 spiro atoms. The van der Waals surface area contributed by atoms with Gasteiger partial charge in [-0.15, -0.1) is 0 Å². The predicted molar refractivity (Wildman–Crippen MR) is 86.8 cm³/mol. The van der Waals surface area contributed by atoms with Gasteiger partial charge in [0.15, 0.2) is 0 Å². The fraction of sp³-hybridized carbons (Fsp3) is 0.941. The molecule has 3 saturated heterocycles. The summed E-state index contributed by atoms with van der Waals surface area (Å²) in [6.45, 7) is 6.09. The lowest BCUT2D eigenvalue weighted by atomic mass is 9.94. The quantitative estimate of drug-likeness (QED) is 0.760. The number of hydrogen-bond donors (Lipinski definition) is 0. The van der Waals surface area contributed by atoms with Gasteiger partial charge in [0.1, 0.15) is 0 Å². The van der Waals surface area contributed by atoms with E-state index in [2.05, 4.69) is 28.8 Å². The SMILES string of the molecule is CN(C)CCN1C(=O)CC[C@@H]2[C@H]1CCN2CC1CCOCC1. The van der Waals surface area contributed by atoms with Crippen molar-refractivity contribution >= 4 is 5.91 Å². The van der Waals surface area contributed by atoms with Crippen molar-refractivity contribution in [2.75, 3.05) is 53.5 Å². The minimum absolute atomic E-state index is 0.371. The van der Waals surface area contributed by atoms with Crippen molar-refractivity contribution in [2.24, 2.45) is 5.92 Å². The molecule has 5 heteroatoms. The van der Waals surface area contributed by atoms with Crippen molar-refractivity contribution in [3.05, 3.63) is 0 Å². The minimum atomic E-state index is 0.371. The van der Waals surface area contributed by atoms with E-state index in [1.165, 1.54) is 25.9 Å². The van der Waals surface area contributed by atoms with Crippen LogP contribution in [0.5, 0.6) is 0 Å². The second-order valence-electron chi connectivity index (χ2n) is 7.40. The first-order valence-corrected chi connectivity index (χ1v) is 8.91. The predicted octanol–water partition coefficient (Wildman–Crippen LogP) is 1.04. The van der Waals surface area contributed by atoms with E-state index < -0.39 is 0 Å². The summed E-state index contributed by atoms with van der Waals surface area (Å²) in [7, 11) is 4.16. The molecule has 3 aliphatic heterocycles. The molecular formula is C17H31N3O2. The largest absolute Gasteiger partial charge is 0.381 e. The van der Waals surface area contributed by atoms with Crippen LogP contribution in [0, 0.1) is 5.92 Å². The topological polar surface area (TPSA) is 36.0 Å². The van der Waals surface area contributed by atoms with Gasteiger partial charge in [-0.1, -0.05) is 0 Å². The van der Waals surface area contributed by atoms with Gasteiger partial charge in [0.2, 0.25) is 5.91 Å². The summed E-state index contributed by atoms with van der Waals surface area (Å²) in [6, 6.07) is 1.06. The number of piperidine rings is 1. The Hall–Kier alpha value is -0.650. The molecule has 2 atom stereocenters. The number of nitrogens with zero attached hydrogens (tertiary/aromatic N) is 3. The van der Waals surface area contributed by atoms with Crippen LogP contribution in [0.3, 0.4) is 0 Å². The Bertz CT molecular complexity index is 382. The Labute approximate surface area is 134 Å². The molecule has 3 aliphatic rings. The van der Waals surface area contributed by atoms with Crippen molar-refractivity contribution in [3.63, 3.8) is 0 Å². The number of amides is 1. The zero-order valence-electron chi connectivity index (χ0n) is 14.2. The lowest BCUT2D eigenvalue weighted by Crippen LogP contribution is -2.54. The summed E-state index contributed by atoms with van der Waals surface area (Å²) < 4.78 is 5.48. The number of likely N-dealkylation sites (tertiary alicyclic amines) is 2. The van der Waals surface area contributed by atoms with Gasteiger partial charge in [0.05, 0.1) is 0 Å². The van der Waals surface area contributed by atoms with E-state index in [9.17, 15) is 4.79 Å². The van der Waals surface area contributed by atoms with E-state index in [-0.39, 0.29) is 0 Å². The van der Waals surface area contributed by atoms with Crippen molar-refractivity contribution in [1.82, 2.24) is 14.7 Å². The number of hydrogen-bond acceptors (Lipinski definition) is 4. The number of likely N-dealkylation sites (N-methyl/N-ethyl adjacent to an activating group) is 1. The maximum absolute atomic E-state index is 12.3. The number of ether oxygens (including phenoxy) is 1. The van der Waals surface area contributed by atoms with Crippen LogP contribution in [0.25, 0.3) is 0 Å². The first kappa shape index (κ1) is 16.2. The first-order valence-electron chi connectivity index (χ1n) is 8.91. The highest BCUT2D eigenvalue weighted by Crippen LogP contribution is 2.32. The molecule has 0 aromatic rings. The van der Waals surface area contributed by atoms with Crippen LogP contribution in [0.4, 0.5) is 0 Å². The number of fused-ring (bicyclic) bond motifs is 1. The van der Waals surface area contributed by atoms with Crippen LogP contribution in [-0.4, -0.2) is 86.2 Å². The average molecular weight is 309 g/mol. The fourth-order valence-corrected chi connectivity index (χ4v) is 4.32. The molecule has 5 nitrogen and oxygen atoms in total. The second-order valence-corrected chi connectivity index (χ2v) is 7.40. The number of carbonyl (C=O) groups excluding carboxylic acids is 1. The van der Waals surface area contributed by atoms with Gasteiger partial charge >= 0.3 is 0 Å². The average Bonchev–Trinajstić information content (AvgIpc) is 2.90. The molecule has 0 aromatic carbocycles. The summed E-state index contributed by atoms with van der Waals surface area (Å²) in [6.07, 6.45) is 5.37.